The van der Waals surface area contributed by atoms with Crippen LogP contribution in [0.4, 0.5) is 0 Å². The van der Waals surface area contributed by atoms with Gasteiger partial charge in [0.2, 0.25) is 0 Å². The van der Waals surface area contributed by atoms with Gasteiger partial charge in [0.1, 0.15) is 0 Å². The molecule has 0 aliphatic carbocycles. The number of nitrogens with one attached hydrogen (secondary N) is 1. The number of hydrogen-bond acceptors (Lipinski definition) is 3. The number of rotatable bonds is 7. The summed E-state index contributed by atoms with van der Waals surface area (Å²) < 4.78 is 6.03. The molecule has 1 heterocycles. The molecule has 0 aromatic rings. The maximum Gasteiger partial charge on any atom is 0.0710 e. The van der Waals surface area contributed by atoms with Gasteiger partial charge < -0.3 is 10.1 Å². The third-order valence-electron chi connectivity index (χ3n) is 3.32. The van der Waals surface area contributed by atoms with Crippen molar-refractivity contribution in [2.45, 2.75) is 52.2 Å². The Morgan fingerprint density at radius 1 is 1.38 bits per heavy atom. The van der Waals surface area contributed by atoms with E-state index in [4.69, 9.17) is 4.74 Å². The molecule has 0 aromatic carbocycles. The molecule has 0 saturated carbocycles. The summed E-state index contributed by atoms with van der Waals surface area (Å²) in [5.41, 5.74) is 0.103. The number of hydrogen-bond donors (Lipinski definition) is 1. The summed E-state index contributed by atoms with van der Waals surface area (Å²) in [5, 5.41) is 3.37. The highest BCUT2D eigenvalue weighted by atomic mass is 16.5. The smallest absolute Gasteiger partial charge is 0.0710 e. The van der Waals surface area contributed by atoms with Crippen LogP contribution in [-0.4, -0.2) is 49.3 Å². The normalized spacial score (nSPS) is 24.2. The van der Waals surface area contributed by atoms with Crippen molar-refractivity contribution >= 4 is 0 Å². The molecule has 1 unspecified atom stereocenters. The van der Waals surface area contributed by atoms with Gasteiger partial charge in [-0.1, -0.05) is 13.8 Å². The van der Waals surface area contributed by atoms with Crippen LogP contribution >= 0.6 is 0 Å². The molecule has 1 aliphatic rings. The highest BCUT2D eigenvalue weighted by Crippen LogP contribution is 2.29. The number of ether oxygens (including phenoxy) is 1. The summed E-state index contributed by atoms with van der Waals surface area (Å²) in [6, 6.07) is 0. The van der Waals surface area contributed by atoms with Gasteiger partial charge in [-0.15, -0.1) is 0 Å². The molecule has 1 aliphatic heterocycles. The van der Waals surface area contributed by atoms with E-state index in [2.05, 4.69) is 37.9 Å². The van der Waals surface area contributed by atoms with Crippen LogP contribution < -0.4 is 5.32 Å². The third-order valence-corrected chi connectivity index (χ3v) is 3.32. The van der Waals surface area contributed by atoms with E-state index in [0.29, 0.717) is 6.10 Å². The highest BCUT2D eigenvalue weighted by molar-refractivity contribution is 4.82. The minimum absolute atomic E-state index is 0.103. The molecule has 96 valence electrons. The average molecular weight is 228 g/mol. The van der Waals surface area contributed by atoms with Gasteiger partial charge in [-0.2, -0.15) is 0 Å². The molecule has 0 bridgehead atoms. The Morgan fingerprint density at radius 3 is 2.62 bits per heavy atom. The summed E-state index contributed by atoms with van der Waals surface area (Å²) in [4.78, 5) is 2.48. The van der Waals surface area contributed by atoms with Crippen molar-refractivity contribution < 1.29 is 4.74 Å². The summed E-state index contributed by atoms with van der Waals surface area (Å²) in [6.45, 7) is 14.3. The first-order chi connectivity index (χ1) is 7.57. The first-order valence-electron chi connectivity index (χ1n) is 6.68. The fourth-order valence-corrected chi connectivity index (χ4v) is 2.29. The maximum absolute atomic E-state index is 6.03. The average Bonchev–Trinajstić information content (AvgIpc) is 2.57. The Morgan fingerprint density at radius 2 is 2.12 bits per heavy atom. The second-order valence-electron chi connectivity index (χ2n) is 5.29. The van der Waals surface area contributed by atoms with Gasteiger partial charge >= 0.3 is 0 Å². The zero-order chi connectivity index (χ0) is 12.0. The zero-order valence-electron chi connectivity index (χ0n) is 11.4. The monoisotopic (exact) mass is 228 g/mol. The van der Waals surface area contributed by atoms with E-state index < -0.39 is 0 Å². The van der Waals surface area contributed by atoms with Crippen LogP contribution in [0.25, 0.3) is 0 Å². The molecular weight excluding hydrogens is 200 g/mol. The lowest BCUT2D eigenvalue weighted by Crippen LogP contribution is -2.38. The van der Waals surface area contributed by atoms with Crippen LogP contribution in [-0.2, 0) is 4.74 Å². The molecule has 1 rings (SSSR count). The molecule has 1 atom stereocenters. The quantitative estimate of drug-likeness (QED) is 0.673. The summed E-state index contributed by atoms with van der Waals surface area (Å²) in [6.07, 6.45) is 2.85. The fraction of sp³-hybridized carbons (Fsp3) is 1.00. The lowest BCUT2D eigenvalue weighted by molar-refractivity contribution is -0.0279. The SMILES string of the molecule is CCNCCN(CC)CC1CCC(C)(C)O1. The second-order valence-corrected chi connectivity index (χ2v) is 5.29. The Kier molecular flexibility index (Phi) is 5.73. The Balaban J connectivity index is 2.23. The van der Waals surface area contributed by atoms with E-state index >= 15 is 0 Å². The van der Waals surface area contributed by atoms with Gasteiger partial charge in [-0.05, 0) is 39.8 Å². The molecule has 0 amide bonds. The predicted octanol–water partition coefficient (Wildman–Crippen LogP) is 1.88. The Labute approximate surface area is 101 Å². The summed E-state index contributed by atoms with van der Waals surface area (Å²) >= 11 is 0. The van der Waals surface area contributed by atoms with Crippen LogP contribution in [0.2, 0.25) is 0 Å². The molecule has 16 heavy (non-hydrogen) atoms. The first kappa shape index (κ1) is 13.9. The van der Waals surface area contributed by atoms with E-state index in [0.717, 1.165) is 32.7 Å². The molecule has 3 nitrogen and oxygen atoms in total. The lowest BCUT2D eigenvalue weighted by atomic mass is 10.1. The molecule has 1 fully saturated rings. The lowest BCUT2D eigenvalue weighted by Gasteiger charge is -2.25. The van der Waals surface area contributed by atoms with E-state index in [1.165, 1.54) is 12.8 Å². The molecule has 0 aromatic heterocycles. The van der Waals surface area contributed by atoms with E-state index in [9.17, 15) is 0 Å². The van der Waals surface area contributed by atoms with Crippen LogP contribution in [0.5, 0.6) is 0 Å². The maximum atomic E-state index is 6.03. The third kappa shape index (κ3) is 4.81. The minimum Gasteiger partial charge on any atom is -0.371 e. The second kappa shape index (κ2) is 6.58. The van der Waals surface area contributed by atoms with Gasteiger partial charge in [-0.3, -0.25) is 4.90 Å². The number of likely N-dealkylation sites (N-methyl/N-ethyl adjacent to an activating group) is 2. The van der Waals surface area contributed by atoms with Gasteiger partial charge in [0.25, 0.3) is 0 Å². The predicted molar refractivity (Wildman–Crippen MR) is 68.8 cm³/mol. The van der Waals surface area contributed by atoms with Crippen molar-refractivity contribution in [3.63, 3.8) is 0 Å². The van der Waals surface area contributed by atoms with Crippen molar-refractivity contribution in [1.29, 1.82) is 0 Å². The van der Waals surface area contributed by atoms with Crippen LogP contribution in [0, 0.1) is 0 Å². The van der Waals surface area contributed by atoms with Crippen LogP contribution in [0.3, 0.4) is 0 Å². The van der Waals surface area contributed by atoms with Crippen molar-refractivity contribution in [3.8, 4) is 0 Å². The Hall–Kier alpha value is -0.120. The molecule has 0 radical (unpaired) electrons. The van der Waals surface area contributed by atoms with Crippen molar-refractivity contribution in [1.82, 2.24) is 10.2 Å². The fourth-order valence-electron chi connectivity index (χ4n) is 2.29. The van der Waals surface area contributed by atoms with E-state index in [1.807, 2.05) is 0 Å². The van der Waals surface area contributed by atoms with Gasteiger partial charge in [0, 0.05) is 19.6 Å². The van der Waals surface area contributed by atoms with Crippen molar-refractivity contribution in [3.05, 3.63) is 0 Å². The summed E-state index contributed by atoms with van der Waals surface area (Å²) in [7, 11) is 0. The van der Waals surface area contributed by atoms with Crippen LogP contribution in [0.1, 0.15) is 40.5 Å². The van der Waals surface area contributed by atoms with Crippen molar-refractivity contribution in [2.24, 2.45) is 0 Å². The zero-order valence-corrected chi connectivity index (χ0v) is 11.4. The van der Waals surface area contributed by atoms with Gasteiger partial charge in [0.15, 0.2) is 0 Å². The standard InChI is InChI=1S/C13H28N2O/c1-5-14-9-10-15(6-2)11-12-7-8-13(3,4)16-12/h12,14H,5-11H2,1-4H3. The molecule has 3 heteroatoms. The molecule has 1 saturated heterocycles. The van der Waals surface area contributed by atoms with Gasteiger partial charge in [0.05, 0.1) is 11.7 Å². The van der Waals surface area contributed by atoms with Gasteiger partial charge in [-0.25, -0.2) is 0 Å². The minimum atomic E-state index is 0.103. The molecule has 1 N–H and O–H groups in total. The van der Waals surface area contributed by atoms with Crippen LogP contribution in [0.15, 0.2) is 0 Å². The van der Waals surface area contributed by atoms with E-state index in [1.54, 1.807) is 0 Å². The largest absolute Gasteiger partial charge is 0.371 e. The first-order valence-corrected chi connectivity index (χ1v) is 6.68. The van der Waals surface area contributed by atoms with Crippen molar-refractivity contribution in [2.75, 3.05) is 32.7 Å². The summed E-state index contributed by atoms with van der Waals surface area (Å²) in [5.74, 6) is 0. The Bertz CT molecular complexity index is 194. The molecular formula is C13H28N2O. The highest BCUT2D eigenvalue weighted by Gasteiger charge is 2.32. The van der Waals surface area contributed by atoms with E-state index in [-0.39, 0.29) is 5.60 Å². The number of nitrogens with zero attached hydrogens (tertiary/aromatic N) is 1. The molecule has 0 spiro atoms. The topological polar surface area (TPSA) is 24.5 Å².